The van der Waals surface area contributed by atoms with Gasteiger partial charge in [-0.3, -0.25) is 14.9 Å². The molecule has 0 radical (unpaired) electrons. The molecule has 14 heteroatoms. The van der Waals surface area contributed by atoms with E-state index in [9.17, 15) is 28.1 Å². The summed E-state index contributed by atoms with van der Waals surface area (Å²) in [6, 6.07) is 7.81. The van der Waals surface area contributed by atoms with Crippen LogP contribution in [0.3, 0.4) is 0 Å². The van der Waals surface area contributed by atoms with Gasteiger partial charge in [-0.1, -0.05) is 28.2 Å². The average molecular weight is 483 g/mol. The standard InChI is InChI=1S/C18H10ClF3N6O3S/c19-10-1-3-12(4-2-10)27-8-11(25-26-27)7-23-17-24-16(29)13-5-9(18(20,21)22)6-14(28(30)31)15(13)32-17/h1-6,8H,7H2,(H,23,24,29). The number of benzene rings is 2. The Morgan fingerprint density at radius 2 is 1.94 bits per heavy atom. The zero-order chi connectivity index (χ0) is 23.0. The number of rotatable bonds is 5. The predicted octanol–water partition coefficient (Wildman–Crippen LogP) is 4.43. The Bertz CT molecular complexity index is 1390. The van der Waals surface area contributed by atoms with Gasteiger partial charge >= 0.3 is 6.18 Å². The SMILES string of the molecule is O=c1nc(NCc2cn(-c3ccc(Cl)cc3)nn2)sc2c([N+](=O)[O-])cc(C(F)(F)F)cc12. The highest BCUT2D eigenvalue weighted by molar-refractivity contribution is 7.22. The van der Waals surface area contributed by atoms with E-state index in [0.29, 0.717) is 39.9 Å². The molecule has 0 unspecified atom stereocenters. The monoisotopic (exact) mass is 482 g/mol. The summed E-state index contributed by atoms with van der Waals surface area (Å²) >= 11 is 6.55. The topological polar surface area (TPSA) is 116 Å². The van der Waals surface area contributed by atoms with E-state index < -0.39 is 33.3 Å². The Balaban J connectivity index is 1.63. The fraction of sp³-hybridized carbons (Fsp3) is 0.111. The summed E-state index contributed by atoms with van der Waals surface area (Å²) in [5.74, 6) is 0. The third kappa shape index (κ3) is 4.38. The van der Waals surface area contributed by atoms with Gasteiger partial charge in [0.05, 0.1) is 34.3 Å². The smallest absolute Gasteiger partial charge is 0.356 e. The molecule has 0 aliphatic rings. The summed E-state index contributed by atoms with van der Waals surface area (Å²) in [4.78, 5) is 26.4. The first-order chi connectivity index (χ1) is 15.1. The fourth-order valence-electron chi connectivity index (χ4n) is 2.79. The van der Waals surface area contributed by atoms with Crippen molar-refractivity contribution in [3.05, 3.63) is 79.3 Å². The summed E-state index contributed by atoms with van der Waals surface area (Å²) in [5, 5.41) is 22.2. The van der Waals surface area contributed by atoms with E-state index in [1.807, 2.05) is 0 Å². The number of nitro benzene ring substituents is 1. The molecule has 0 amide bonds. The molecule has 0 atom stereocenters. The van der Waals surface area contributed by atoms with Crippen LogP contribution in [0.15, 0.2) is 47.4 Å². The first kappa shape index (κ1) is 21.6. The second-order valence-electron chi connectivity index (χ2n) is 6.44. The third-order valence-electron chi connectivity index (χ3n) is 4.28. The maximum absolute atomic E-state index is 13.0. The third-order valence-corrected chi connectivity index (χ3v) is 5.59. The maximum atomic E-state index is 13.0. The number of hydrogen-bond donors (Lipinski definition) is 1. The zero-order valence-corrected chi connectivity index (χ0v) is 17.2. The molecule has 0 saturated carbocycles. The van der Waals surface area contributed by atoms with Crippen molar-refractivity contribution in [2.24, 2.45) is 0 Å². The highest BCUT2D eigenvalue weighted by Gasteiger charge is 2.34. The van der Waals surface area contributed by atoms with Crippen molar-refractivity contribution < 1.29 is 18.1 Å². The number of nitrogens with one attached hydrogen (secondary N) is 1. The molecule has 0 fully saturated rings. The van der Waals surface area contributed by atoms with E-state index in [1.54, 1.807) is 30.5 Å². The molecule has 0 spiro atoms. The predicted molar refractivity (Wildman–Crippen MR) is 111 cm³/mol. The van der Waals surface area contributed by atoms with Crippen LogP contribution in [0.1, 0.15) is 11.3 Å². The van der Waals surface area contributed by atoms with Gasteiger partial charge in [0.1, 0.15) is 10.4 Å². The lowest BCUT2D eigenvalue weighted by Crippen LogP contribution is -2.13. The van der Waals surface area contributed by atoms with Gasteiger partial charge in [-0.05, 0) is 30.3 Å². The first-order valence-electron chi connectivity index (χ1n) is 8.73. The number of non-ortho nitro benzene ring substituents is 1. The normalized spacial score (nSPS) is 11.6. The number of anilines is 1. The molecule has 2 aromatic carbocycles. The second kappa shape index (κ2) is 8.16. The largest absolute Gasteiger partial charge is 0.416 e. The summed E-state index contributed by atoms with van der Waals surface area (Å²) < 4.78 is 40.4. The Kier molecular flexibility index (Phi) is 5.52. The van der Waals surface area contributed by atoms with Crippen molar-refractivity contribution in [3.8, 4) is 5.69 Å². The van der Waals surface area contributed by atoms with Crippen LogP contribution < -0.4 is 10.9 Å². The molecule has 0 bridgehead atoms. The van der Waals surface area contributed by atoms with Gasteiger partial charge in [0.25, 0.3) is 11.2 Å². The molecule has 2 heterocycles. The van der Waals surface area contributed by atoms with Gasteiger partial charge in [-0.15, -0.1) is 5.10 Å². The minimum atomic E-state index is -4.84. The summed E-state index contributed by atoms with van der Waals surface area (Å²) in [5.41, 5.74) is -1.96. The minimum Gasteiger partial charge on any atom is -0.356 e. The van der Waals surface area contributed by atoms with Crippen molar-refractivity contribution in [1.29, 1.82) is 0 Å². The molecule has 1 N–H and O–H groups in total. The Hall–Kier alpha value is -3.58. The van der Waals surface area contributed by atoms with E-state index in [-0.39, 0.29) is 16.4 Å². The molecule has 0 aliphatic heterocycles. The first-order valence-corrected chi connectivity index (χ1v) is 9.93. The van der Waals surface area contributed by atoms with E-state index in [1.165, 1.54) is 4.68 Å². The molecule has 4 aromatic rings. The van der Waals surface area contributed by atoms with Crippen LogP contribution in [0.2, 0.25) is 5.02 Å². The quantitative estimate of drug-likeness (QED) is 0.330. The molecule has 2 aromatic heterocycles. The number of hydrogen-bond acceptors (Lipinski definition) is 8. The Morgan fingerprint density at radius 1 is 1.22 bits per heavy atom. The van der Waals surface area contributed by atoms with Gasteiger partial charge in [0, 0.05) is 11.1 Å². The molecule has 32 heavy (non-hydrogen) atoms. The van der Waals surface area contributed by atoms with Crippen molar-refractivity contribution in [2.45, 2.75) is 12.7 Å². The van der Waals surface area contributed by atoms with Gasteiger partial charge in [0.15, 0.2) is 5.13 Å². The Labute approximate surface area is 185 Å². The van der Waals surface area contributed by atoms with Crippen LogP contribution in [0.4, 0.5) is 24.0 Å². The molecular weight excluding hydrogens is 473 g/mol. The molecule has 0 aliphatic carbocycles. The highest BCUT2D eigenvalue weighted by Crippen LogP contribution is 2.37. The van der Waals surface area contributed by atoms with Crippen molar-refractivity contribution in [3.63, 3.8) is 0 Å². The number of fused-ring (bicyclic) bond motifs is 1. The number of nitro groups is 1. The summed E-state index contributed by atoms with van der Waals surface area (Å²) in [7, 11) is 0. The van der Waals surface area contributed by atoms with Crippen LogP contribution in [0.25, 0.3) is 15.8 Å². The van der Waals surface area contributed by atoms with E-state index in [4.69, 9.17) is 11.6 Å². The van der Waals surface area contributed by atoms with Crippen molar-refractivity contribution in [1.82, 2.24) is 20.0 Å². The maximum Gasteiger partial charge on any atom is 0.416 e. The van der Waals surface area contributed by atoms with Gasteiger partial charge < -0.3 is 5.32 Å². The van der Waals surface area contributed by atoms with Gasteiger partial charge in [0.2, 0.25) is 0 Å². The van der Waals surface area contributed by atoms with E-state index in [2.05, 4.69) is 20.6 Å². The van der Waals surface area contributed by atoms with Gasteiger partial charge in [-0.2, -0.15) is 18.2 Å². The lowest BCUT2D eigenvalue weighted by molar-refractivity contribution is -0.383. The lowest BCUT2D eigenvalue weighted by Gasteiger charge is -2.09. The van der Waals surface area contributed by atoms with Crippen LogP contribution in [0.5, 0.6) is 0 Å². The van der Waals surface area contributed by atoms with Crippen LogP contribution in [-0.2, 0) is 12.7 Å². The fourth-order valence-corrected chi connectivity index (χ4v) is 3.88. The minimum absolute atomic E-state index is 0.00796. The molecule has 9 nitrogen and oxygen atoms in total. The summed E-state index contributed by atoms with van der Waals surface area (Å²) in [6.45, 7) is 0.0659. The summed E-state index contributed by atoms with van der Waals surface area (Å²) in [6.07, 6.45) is -3.24. The van der Waals surface area contributed by atoms with Gasteiger partial charge in [-0.25, -0.2) is 4.68 Å². The van der Waals surface area contributed by atoms with Crippen LogP contribution in [0, 0.1) is 10.1 Å². The zero-order valence-electron chi connectivity index (χ0n) is 15.6. The molecule has 0 saturated heterocycles. The van der Waals surface area contributed by atoms with E-state index in [0.717, 1.165) is 0 Å². The number of halogens is 4. The molecular formula is C18H10ClF3N6O3S. The second-order valence-corrected chi connectivity index (χ2v) is 7.87. The number of aromatic nitrogens is 4. The lowest BCUT2D eigenvalue weighted by atomic mass is 10.1. The van der Waals surface area contributed by atoms with E-state index >= 15 is 0 Å². The number of nitrogens with zero attached hydrogens (tertiary/aromatic N) is 5. The van der Waals surface area contributed by atoms with Crippen LogP contribution in [-0.4, -0.2) is 24.9 Å². The molecule has 164 valence electrons. The number of alkyl halides is 3. The highest BCUT2D eigenvalue weighted by atomic mass is 35.5. The average Bonchev–Trinajstić information content (AvgIpc) is 3.20. The van der Waals surface area contributed by atoms with Crippen molar-refractivity contribution in [2.75, 3.05) is 5.32 Å². The Morgan fingerprint density at radius 3 is 2.59 bits per heavy atom. The van der Waals surface area contributed by atoms with Crippen molar-refractivity contribution >= 4 is 43.8 Å². The molecule has 4 rings (SSSR count). The van der Waals surface area contributed by atoms with Crippen LogP contribution >= 0.6 is 22.9 Å².